The van der Waals surface area contributed by atoms with Gasteiger partial charge in [0.05, 0.1) is 12.5 Å². The molecule has 2 aromatic rings. The second-order valence-corrected chi connectivity index (χ2v) is 3.59. The number of benzene rings is 1. The van der Waals surface area contributed by atoms with E-state index in [1.807, 2.05) is 12.1 Å². The van der Waals surface area contributed by atoms with Gasteiger partial charge in [-0.15, -0.1) is 0 Å². The topological polar surface area (TPSA) is 62.1 Å². The highest BCUT2D eigenvalue weighted by Crippen LogP contribution is 2.23. The van der Waals surface area contributed by atoms with Crippen LogP contribution in [0.25, 0.3) is 10.9 Å². The van der Waals surface area contributed by atoms with Gasteiger partial charge in [-0.25, -0.2) is 0 Å². The normalized spacial score (nSPS) is 10.6. The maximum absolute atomic E-state index is 11.0. The molecule has 0 atom stereocenters. The zero-order chi connectivity index (χ0) is 11.7. The van der Waals surface area contributed by atoms with Crippen LogP contribution in [0.2, 0.25) is 0 Å². The minimum Gasteiger partial charge on any atom is -0.548 e. The van der Waals surface area contributed by atoms with Gasteiger partial charge < -0.3 is 14.5 Å². The fraction of sp³-hybridized carbons (Fsp3) is 0.167. The first-order chi connectivity index (χ1) is 7.65. The summed E-state index contributed by atoms with van der Waals surface area (Å²) in [6.45, 7) is 1.49. The lowest BCUT2D eigenvalue weighted by Crippen LogP contribution is -2.27. The highest BCUT2D eigenvalue weighted by Gasteiger charge is 2.12. The van der Waals surface area contributed by atoms with Crippen molar-refractivity contribution in [3.05, 3.63) is 35.5 Å². The van der Waals surface area contributed by atoms with E-state index in [2.05, 4.69) is 0 Å². The number of carbonyl (C=O) groups excluding carboxylic acids is 2. The number of hydrogen-bond acceptors (Lipinski definition) is 3. The number of aromatic nitrogens is 1. The second-order valence-electron chi connectivity index (χ2n) is 3.59. The molecule has 1 aromatic carbocycles. The van der Waals surface area contributed by atoms with Gasteiger partial charge in [-0.05, 0) is 13.0 Å². The molecule has 0 bridgehead atoms. The molecule has 0 aliphatic heterocycles. The van der Waals surface area contributed by atoms with Gasteiger partial charge in [0, 0.05) is 22.2 Å². The Kier molecular flexibility index (Phi) is 2.48. The Balaban J connectivity index is 2.76. The highest BCUT2D eigenvalue weighted by molar-refractivity contribution is 5.99. The van der Waals surface area contributed by atoms with E-state index in [1.165, 1.54) is 0 Å². The molecule has 0 saturated carbocycles. The zero-order valence-electron chi connectivity index (χ0n) is 8.77. The molecule has 2 rings (SSSR count). The van der Waals surface area contributed by atoms with E-state index in [-0.39, 0.29) is 6.54 Å². The van der Waals surface area contributed by atoms with Crippen molar-refractivity contribution < 1.29 is 14.7 Å². The molecule has 4 heteroatoms. The summed E-state index contributed by atoms with van der Waals surface area (Å²) in [7, 11) is 0. The lowest BCUT2D eigenvalue weighted by molar-refractivity contribution is -0.306. The monoisotopic (exact) mass is 216 g/mol. The molecule has 0 amide bonds. The summed E-state index contributed by atoms with van der Waals surface area (Å²) in [6, 6.07) is 7.22. The molecule has 0 aliphatic carbocycles. The van der Waals surface area contributed by atoms with Crippen molar-refractivity contribution in [2.45, 2.75) is 13.5 Å². The zero-order valence-corrected chi connectivity index (χ0v) is 8.77. The van der Waals surface area contributed by atoms with Crippen LogP contribution < -0.4 is 5.11 Å². The van der Waals surface area contributed by atoms with Crippen LogP contribution in [0.3, 0.4) is 0 Å². The Morgan fingerprint density at radius 2 is 2.12 bits per heavy atom. The number of aliphatic carboxylic acids is 1. The van der Waals surface area contributed by atoms with E-state index in [9.17, 15) is 14.7 Å². The summed E-state index contributed by atoms with van der Waals surface area (Å²) in [5, 5.41) is 11.4. The maximum Gasteiger partial charge on any atom is 0.152 e. The minimum atomic E-state index is -1.17. The quantitative estimate of drug-likeness (QED) is 0.702. The average molecular weight is 216 g/mol. The number of hydrogen-bond donors (Lipinski definition) is 0. The van der Waals surface area contributed by atoms with Crippen molar-refractivity contribution in [2.24, 2.45) is 0 Å². The fourth-order valence-electron chi connectivity index (χ4n) is 1.94. The molecule has 82 valence electrons. The van der Waals surface area contributed by atoms with Crippen LogP contribution in [0.1, 0.15) is 16.1 Å². The summed E-state index contributed by atoms with van der Waals surface area (Å²) >= 11 is 0. The number of para-hydroxylation sites is 1. The number of carboxylic acids is 1. The Morgan fingerprint density at radius 3 is 2.75 bits per heavy atom. The van der Waals surface area contributed by atoms with Crippen LogP contribution in [0.15, 0.2) is 24.3 Å². The standard InChI is InChI=1S/C12H11NO3/c1-8-10(7-14)9-4-2-3-5-11(9)13(8)6-12(15)16/h2-5,7H,6H2,1H3,(H,15,16)/p-1. The Hall–Kier alpha value is -2.10. The number of fused-ring (bicyclic) bond motifs is 1. The molecule has 16 heavy (non-hydrogen) atoms. The van der Waals surface area contributed by atoms with Crippen molar-refractivity contribution in [1.29, 1.82) is 0 Å². The largest absolute Gasteiger partial charge is 0.548 e. The smallest absolute Gasteiger partial charge is 0.152 e. The highest BCUT2D eigenvalue weighted by atomic mass is 16.4. The number of nitrogens with zero attached hydrogens (tertiary/aromatic N) is 1. The summed E-state index contributed by atoms with van der Waals surface area (Å²) in [5.41, 5.74) is 1.93. The van der Waals surface area contributed by atoms with Crippen molar-refractivity contribution in [3.8, 4) is 0 Å². The molecule has 0 aliphatic rings. The van der Waals surface area contributed by atoms with Crippen LogP contribution >= 0.6 is 0 Å². The van der Waals surface area contributed by atoms with Gasteiger partial charge in [-0.3, -0.25) is 4.79 Å². The van der Waals surface area contributed by atoms with Crippen LogP contribution in [0, 0.1) is 6.92 Å². The molecule has 0 fully saturated rings. The molecule has 0 N–H and O–H groups in total. The number of carboxylic acid groups (broad SMARTS) is 1. The van der Waals surface area contributed by atoms with Crippen molar-refractivity contribution in [2.75, 3.05) is 0 Å². The van der Waals surface area contributed by atoms with Crippen LogP contribution in [-0.4, -0.2) is 16.8 Å². The third-order valence-corrected chi connectivity index (χ3v) is 2.68. The summed E-state index contributed by atoms with van der Waals surface area (Å²) in [6.07, 6.45) is 0.753. The molecule has 0 radical (unpaired) electrons. The van der Waals surface area contributed by atoms with Crippen molar-refractivity contribution >= 4 is 23.2 Å². The van der Waals surface area contributed by atoms with Gasteiger partial charge in [-0.2, -0.15) is 0 Å². The molecule has 0 spiro atoms. The van der Waals surface area contributed by atoms with E-state index in [4.69, 9.17) is 0 Å². The molecular weight excluding hydrogens is 206 g/mol. The molecular formula is C12H10NO3-. The van der Waals surface area contributed by atoms with E-state index < -0.39 is 5.97 Å². The summed E-state index contributed by atoms with van der Waals surface area (Å²) < 4.78 is 1.58. The molecule has 0 saturated heterocycles. The number of carbonyl (C=O) groups is 2. The predicted octanol–water partition coefficient (Wildman–Crippen LogP) is 0.512. The van der Waals surface area contributed by atoms with Crippen molar-refractivity contribution in [1.82, 2.24) is 4.57 Å². The molecule has 4 nitrogen and oxygen atoms in total. The van der Waals surface area contributed by atoms with Gasteiger partial charge in [0.2, 0.25) is 0 Å². The predicted molar refractivity (Wildman–Crippen MR) is 57.1 cm³/mol. The maximum atomic E-state index is 11.0. The fourth-order valence-corrected chi connectivity index (χ4v) is 1.94. The molecule has 1 aromatic heterocycles. The van der Waals surface area contributed by atoms with Crippen LogP contribution in [0.4, 0.5) is 0 Å². The van der Waals surface area contributed by atoms with Gasteiger partial charge in [-0.1, -0.05) is 18.2 Å². The lowest BCUT2D eigenvalue weighted by Gasteiger charge is -2.08. The molecule has 0 unspecified atom stereocenters. The minimum absolute atomic E-state index is 0.236. The van der Waals surface area contributed by atoms with Gasteiger partial charge in [0.1, 0.15) is 0 Å². The van der Waals surface area contributed by atoms with Gasteiger partial charge in [0.15, 0.2) is 6.29 Å². The van der Waals surface area contributed by atoms with Gasteiger partial charge in [0.25, 0.3) is 0 Å². The first-order valence-electron chi connectivity index (χ1n) is 4.88. The third kappa shape index (κ3) is 1.48. The summed E-state index contributed by atoms with van der Waals surface area (Å²) in [5.74, 6) is -1.17. The third-order valence-electron chi connectivity index (χ3n) is 2.68. The van der Waals surface area contributed by atoms with E-state index in [1.54, 1.807) is 23.6 Å². The number of rotatable bonds is 3. The van der Waals surface area contributed by atoms with Crippen molar-refractivity contribution in [3.63, 3.8) is 0 Å². The van der Waals surface area contributed by atoms with E-state index in [0.717, 1.165) is 17.2 Å². The lowest BCUT2D eigenvalue weighted by atomic mass is 10.1. The number of aldehydes is 1. The Morgan fingerprint density at radius 1 is 1.44 bits per heavy atom. The van der Waals surface area contributed by atoms with Crippen LogP contribution in [-0.2, 0) is 11.3 Å². The van der Waals surface area contributed by atoms with E-state index in [0.29, 0.717) is 11.3 Å². The summed E-state index contributed by atoms with van der Waals surface area (Å²) in [4.78, 5) is 21.6. The molecule has 1 heterocycles. The van der Waals surface area contributed by atoms with Gasteiger partial charge >= 0.3 is 0 Å². The van der Waals surface area contributed by atoms with E-state index >= 15 is 0 Å². The second kappa shape index (κ2) is 3.81. The van der Waals surface area contributed by atoms with Crippen LogP contribution in [0.5, 0.6) is 0 Å². The Bertz CT molecular complexity index is 569. The first kappa shape index (κ1) is 10.4. The Labute approximate surface area is 92.1 Å². The SMILES string of the molecule is Cc1c(C=O)c2ccccc2n1CC(=O)[O-]. The average Bonchev–Trinajstić information content (AvgIpc) is 2.52. The first-order valence-corrected chi connectivity index (χ1v) is 4.88.